The minimum Gasteiger partial charge on any atom is -0.493 e. The Balaban J connectivity index is 1.41. The van der Waals surface area contributed by atoms with Crippen molar-refractivity contribution in [3.63, 3.8) is 0 Å². The van der Waals surface area contributed by atoms with Crippen LogP contribution in [0.3, 0.4) is 0 Å². The average molecular weight is 413 g/mol. The van der Waals surface area contributed by atoms with Gasteiger partial charge in [0.15, 0.2) is 11.5 Å². The van der Waals surface area contributed by atoms with Gasteiger partial charge in [0.25, 0.3) is 0 Å². The van der Waals surface area contributed by atoms with Crippen LogP contribution in [0, 0.1) is 5.82 Å². The van der Waals surface area contributed by atoms with Crippen LogP contribution in [0.15, 0.2) is 48.5 Å². The molecule has 0 spiro atoms. The molecule has 1 heterocycles. The van der Waals surface area contributed by atoms with E-state index in [0.717, 1.165) is 50.4 Å². The highest BCUT2D eigenvalue weighted by Crippen LogP contribution is 2.27. The Labute approximate surface area is 177 Å². The van der Waals surface area contributed by atoms with Crippen molar-refractivity contribution in [2.75, 3.05) is 33.9 Å². The van der Waals surface area contributed by atoms with E-state index in [9.17, 15) is 9.18 Å². The van der Waals surface area contributed by atoms with Crippen molar-refractivity contribution in [1.29, 1.82) is 0 Å². The van der Waals surface area contributed by atoms with E-state index in [4.69, 9.17) is 9.47 Å². The van der Waals surface area contributed by atoms with Crippen LogP contribution in [0.4, 0.5) is 4.39 Å². The maximum atomic E-state index is 13.6. The zero-order valence-electron chi connectivity index (χ0n) is 17.6. The number of nitrogens with zero attached hydrogens (tertiary/aromatic N) is 1. The summed E-state index contributed by atoms with van der Waals surface area (Å²) in [7, 11) is 3.28. The molecule has 2 aromatic rings. The van der Waals surface area contributed by atoms with Gasteiger partial charge in [0.05, 0.1) is 14.2 Å². The number of likely N-dealkylation sites (tertiary alicyclic amines) is 1. The minimum atomic E-state index is -0.329. The van der Waals surface area contributed by atoms with E-state index in [-0.39, 0.29) is 17.8 Å². The number of amides is 1. The molecule has 1 aliphatic heterocycles. The first-order chi connectivity index (χ1) is 14.6. The second-order valence-electron chi connectivity index (χ2n) is 7.42. The first kappa shape index (κ1) is 21.8. The van der Waals surface area contributed by atoms with E-state index >= 15 is 0 Å². The first-order valence-corrected chi connectivity index (χ1v) is 10.3. The smallest absolute Gasteiger partial charge is 0.244 e. The number of ether oxygens (including phenoxy) is 2. The molecule has 1 aliphatic rings. The molecule has 1 saturated heterocycles. The van der Waals surface area contributed by atoms with Gasteiger partial charge in [-0.25, -0.2) is 4.39 Å². The predicted octanol–water partition coefficient (Wildman–Crippen LogP) is 3.68. The quantitative estimate of drug-likeness (QED) is 0.672. The van der Waals surface area contributed by atoms with Crippen molar-refractivity contribution < 1.29 is 18.7 Å². The molecule has 0 radical (unpaired) electrons. The van der Waals surface area contributed by atoms with Crippen LogP contribution in [0.5, 0.6) is 11.5 Å². The number of nitrogens with one attached hydrogen (secondary N) is 1. The number of halogens is 1. The molecule has 6 heteroatoms. The van der Waals surface area contributed by atoms with Crippen molar-refractivity contribution in [2.24, 2.45) is 0 Å². The van der Waals surface area contributed by atoms with Gasteiger partial charge < -0.3 is 19.7 Å². The van der Waals surface area contributed by atoms with Gasteiger partial charge >= 0.3 is 0 Å². The van der Waals surface area contributed by atoms with Gasteiger partial charge in [0, 0.05) is 37.3 Å². The average Bonchev–Trinajstić information content (AvgIpc) is 2.78. The second-order valence-corrected chi connectivity index (χ2v) is 7.42. The zero-order valence-corrected chi connectivity index (χ0v) is 17.6. The maximum Gasteiger partial charge on any atom is 0.244 e. The summed E-state index contributed by atoms with van der Waals surface area (Å²) in [5.41, 5.74) is 1.62. The van der Waals surface area contributed by atoms with Crippen LogP contribution >= 0.6 is 0 Å². The Morgan fingerprint density at radius 3 is 2.57 bits per heavy atom. The Bertz CT molecular complexity index is 877. The number of carbonyl (C=O) groups is 1. The van der Waals surface area contributed by atoms with Crippen molar-refractivity contribution in [3.8, 4) is 11.5 Å². The summed E-state index contributed by atoms with van der Waals surface area (Å²) in [6.07, 6.45) is 5.67. The lowest BCUT2D eigenvalue weighted by molar-refractivity contribution is -0.117. The molecule has 0 saturated carbocycles. The van der Waals surface area contributed by atoms with E-state index in [0.29, 0.717) is 5.56 Å². The van der Waals surface area contributed by atoms with Gasteiger partial charge in [0.1, 0.15) is 5.82 Å². The molecular formula is C24H29FN2O3. The number of methoxy groups -OCH3 is 2. The SMILES string of the molecule is COc1ccc(CCN2CCC(NC(=O)/C=C/c3ccccc3F)CC2)cc1OC. The number of carbonyl (C=O) groups excluding carboxylic acids is 1. The highest BCUT2D eigenvalue weighted by molar-refractivity contribution is 5.91. The molecule has 1 amide bonds. The first-order valence-electron chi connectivity index (χ1n) is 10.3. The molecule has 5 nitrogen and oxygen atoms in total. The summed E-state index contributed by atoms with van der Waals surface area (Å²) in [6.45, 7) is 2.84. The fourth-order valence-corrected chi connectivity index (χ4v) is 3.65. The third kappa shape index (κ3) is 6.07. The van der Waals surface area contributed by atoms with E-state index in [2.05, 4.69) is 16.3 Å². The van der Waals surface area contributed by atoms with Crippen molar-refractivity contribution in [2.45, 2.75) is 25.3 Å². The van der Waals surface area contributed by atoms with Crippen molar-refractivity contribution in [3.05, 3.63) is 65.5 Å². The molecule has 1 N–H and O–H groups in total. The lowest BCUT2D eigenvalue weighted by atomic mass is 10.0. The van der Waals surface area contributed by atoms with Crippen LogP contribution < -0.4 is 14.8 Å². The summed E-state index contributed by atoms with van der Waals surface area (Å²) >= 11 is 0. The fraction of sp³-hybridized carbons (Fsp3) is 0.375. The molecule has 2 aromatic carbocycles. The van der Waals surface area contributed by atoms with Crippen LogP contribution in [0.25, 0.3) is 6.08 Å². The Morgan fingerprint density at radius 2 is 1.87 bits per heavy atom. The molecule has 1 fully saturated rings. The van der Waals surface area contributed by atoms with Gasteiger partial charge in [-0.2, -0.15) is 0 Å². The Morgan fingerprint density at radius 1 is 1.13 bits per heavy atom. The van der Waals surface area contributed by atoms with Gasteiger partial charge in [0.2, 0.25) is 5.91 Å². The van der Waals surface area contributed by atoms with E-state index < -0.39 is 0 Å². The highest BCUT2D eigenvalue weighted by Gasteiger charge is 2.20. The van der Waals surface area contributed by atoms with Crippen LogP contribution in [-0.2, 0) is 11.2 Å². The molecule has 30 heavy (non-hydrogen) atoms. The number of benzene rings is 2. The Hall–Kier alpha value is -2.86. The monoisotopic (exact) mass is 412 g/mol. The fourth-order valence-electron chi connectivity index (χ4n) is 3.65. The normalized spacial score (nSPS) is 15.3. The lowest BCUT2D eigenvalue weighted by Gasteiger charge is -2.32. The topological polar surface area (TPSA) is 50.8 Å². The molecule has 160 valence electrons. The van der Waals surface area contributed by atoms with E-state index in [1.54, 1.807) is 32.4 Å². The van der Waals surface area contributed by atoms with Crippen LogP contribution in [-0.4, -0.2) is 50.7 Å². The standard InChI is InChI=1S/C24H29FN2O3/c1-29-22-9-7-18(17-23(22)30-2)11-14-27-15-12-20(13-16-27)26-24(28)10-8-19-5-3-4-6-21(19)25/h3-10,17,20H,11-16H2,1-2H3,(H,26,28)/b10-8+. The molecule has 0 bridgehead atoms. The van der Waals surface area contributed by atoms with Crippen molar-refractivity contribution >= 4 is 12.0 Å². The Kier molecular flexibility index (Phi) is 7.85. The summed E-state index contributed by atoms with van der Waals surface area (Å²) in [5, 5.41) is 3.03. The van der Waals surface area contributed by atoms with Gasteiger partial charge in [-0.05, 0) is 49.1 Å². The van der Waals surface area contributed by atoms with E-state index in [1.807, 2.05) is 12.1 Å². The summed E-state index contributed by atoms with van der Waals surface area (Å²) in [4.78, 5) is 14.6. The molecule has 0 aliphatic carbocycles. The largest absolute Gasteiger partial charge is 0.493 e. The van der Waals surface area contributed by atoms with Gasteiger partial charge in [-0.1, -0.05) is 24.3 Å². The molecular weight excluding hydrogens is 383 g/mol. The number of rotatable bonds is 8. The number of hydrogen-bond donors (Lipinski definition) is 1. The molecule has 3 rings (SSSR count). The van der Waals surface area contributed by atoms with Gasteiger partial charge in [-0.3, -0.25) is 4.79 Å². The predicted molar refractivity (Wildman–Crippen MR) is 116 cm³/mol. The lowest BCUT2D eigenvalue weighted by Crippen LogP contribution is -2.44. The third-order valence-corrected chi connectivity index (χ3v) is 5.42. The number of hydrogen-bond acceptors (Lipinski definition) is 4. The second kappa shape index (κ2) is 10.8. The highest BCUT2D eigenvalue weighted by atomic mass is 19.1. The van der Waals surface area contributed by atoms with Crippen molar-refractivity contribution in [1.82, 2.24) is 10.2 Å². The van der Waals surface area contributed by atoms with Crippen LogP contribution in [0.1, 0.15) is 24.0 Å². The zero-order chi connectivity index (χ0) is 21.3. The van der Waals surface area contributed by atoms with Crippen LogP contribution in [0.2, 0.25) is 0 Å². The minimum absolute atomic E-state index is 0.153. The molecule has 0 aromatic heterocycles. The third-order valence-electron chi connectivity index (χ3n) is 5.42. The van der Waals surface area contributed by atoms with E-state index in [1.165, 1.54) is 23.8 Å². The molecule has 0 unspecified atom stereocenters. The summed E-state index contributed by atoms with van der Waals surface area (Å²) < 4.78 is 24.3. The molecule has 0 atom stereocenters. The van der Waals surface area contributed by atoms with Gasteiger partial charge in [-0.15, -0.1) is 0 Å². The summed E-state index contributed by atoms with van der Waals surface area (Å²) in [6, 6.07) is 12.6. The summed E-state index contributed by atoms with van der Waals surface area (Å²) in [5.74, 6) is 0.980. The maximum absolute atomic E-state index is 13.6. The number of piperidine rings is 1.